The van der Waals surface area contributed by atoms with Gasteiger partial charge in [-0.3, -0.25) is 0 Å². The fourth-order valence-corrected chi connectivity index (χ4v) is 2.76. The molecular weight excluding hydrogens is 276 g/mol. The molecule has 17 heavy (non-hydrogen) atoms. The van der Waals surface area contributed by atoms with E-state index < -0.39 is 0 Å². The van der Waals surface area contributed by atoms with Crippen LogP contribution in [0.4, 0.5) is 0 Å². The molecule has 96 valence electrons. The number of hydrogen-bond donors (Lipinski definition) is 1. The first-order chi connectivity index (χ1) is 8.02. The van der Waals surface area contributed by atoms with Crippen molar-refractivity contribution in [3.63, 3.8) is 0 Å². The lowest BCUT2D eigenvalue weighted by atomic mass is 10.4. The van der Waals surface area contributed by atoms with Crippen LogP contribution in [0.5, 0.6) is 0 Å². The van der Waals surface area contributed by atoms with E-state index in [0.29, 0.717) is 6.61 Å². The number of thiocarbonyl (C=S) groups is 1. The average Bonchev–Trinajstić information content (AvgIpc) is 2.64. The molecule has 0 spiro atoms. The van der Waals surface area contributed by atoms with Gasteiger partial charge >= 0.3 is 0 Å². The van der Waals surface area contributed by atoms with E-state index in [1.807, 2.05) is 31.0 Å². The van der Waals surface area contributed by atoms with Crippen LogP contribution >= 0.6 is 35.2 Å². The fraction of sp³-hybridized carbons (Fsp3) is 0.545. The summed E-state index contributed by atoms with van der Waals surface area (Å²) in [4.78, 5) is 3.19. The second-order valence-electron chi connectivity index (χ2n) is 3.87. The van der Waals surface area contributed by atoms with Gasteiger partial charge in [-0.15, -0.1) is 11.3 Å². The fourth-order valence-electron chi connectivity index (χ4n) is 1.35. The van der Waals surface area contributed by atoms with Crippen LogP contribution in [-0.4, -0.2) is 36.8 Å². The van der Waals surface area contributed by atoms with Gasteiger partial charge in [0.05, 0.1) is 17.5 Å². The smallest absolute Gasteiger partial charge is 0.169 e. The van der Waals surface area contributed by atoms with Crippen LogP contribution in [0.3, 0.4) is 0 Å². The summed E-state index contributed by atoms with van der Waals surface area (Å²) in [6.07, 6.45) is 0. The first-order valence-electron chi connectivity index (χ1n) is 5.27. The van der Waals surface area contributed by atoms with Gasteiger partial charge in [0.2, 0.25) is 0 Å². The van der Waals surface area contributed by atoms with Gasteiger partial charge in [0.25, 0.3) is 0 Å². The van der Waals surface area contributed by atoms with E-state index in [4.69, 9.17) is 28.6 Å². The molecule has 0 aliphatic rings. The summed E-state index contributed by atoms with van der Waals surface area (Å²) in [5, 5.41) is 3.93. The van der Waals surface area contributed by atoms with Gasteiger partial charge in [0.1, 0.15) is 0 Å². The molecule has 0 bridgehead atoms. The van der Waals surface area contributed by atoms with Crippen molar-refractivity contribution >= 4 is 40.3 Å². The van der Waals surface area contributed by atoms with E-state index in [1.165, 1.54) is 4.88 Å². The molecule has 1 unspecified atom stereocenters. The van der Waals surface area contributed by atoms with Crippen LogP contribution in [0.1, 0.15) is 11.8 Å². The Bertz CT molecular complexity index is 370. The van der Waals surface area contributed by atoms with Crippen molar-refractivity contribution in [2.75, 3.05) is 20.8 Å². The zero-order valence-corrected chi connectivity index (χ0v) is 12.6. The van der Waals surface area contributed by atoms with Crippen molar-refractivity contribution < 1.29 is 4.74 Å². The third-order valence-corrected chi connectivity index (χ3v) is 3.80. The zero-order valence-electron chi connectivity index (χ0n) is 10.2. The molecule has 0 fully saturated rings. The minimum atomic E-state index is 0.210. The number of hydrogen-bond acceptors (Lipinski definition) is 3. The topological polar surface area (TPSA) is 24.5 Å². The summed E-state index contributed by atoms with van der Waals surface area (Å²) >= 11 is 12.8. The molecule has 1 N–H and O–H groups in total. The zero-order chi connectivity index (χ0) is 12.8. The third-order valence-electron chi connectivity index (χ3n) is 2.16. The average molecular weight is 293 g/mol. The van der Waals surface area contributed by atoms with Gasteiger partial charge in [0.15, 0.2) is 5.11 Å². The van der Waals surface area contributed by atoms with Gasteiger partial charge in [-0.05, 0) is 31.3 Å². The van der Waals surface area contributed by atoms with E-state index in [1.54, 1.807) is 18.4 Å². The second kappa shape index (κ2) is 7.16. The number of nitrogens with zero attached hydrogens (tertiary/aromatic N) is 1. The van der Waals surface area contributed by atoms with Crippen LogP contribution in [0.2, 0.25) is 4.34 Å². The molecule has 0 aliphatic carbocycles. The second-order valence-corrected chi connectivity index (χ2v) is 6.05. The van der Waals surface area contributed by atoms with E-state index in [-0.39, 0.29) is 6.04 Å². The molecule has 0 radical (unpaired) electrons. The predicted octanol–water partition coefficient (Wildman–Crippen LogP) is 2.74. The Morgan fingerprint density at radius 1 is 1.65 bits per heavy atom. The van der Waals surface area contributed by atoms with Crippen molar-refractivity contribution in [3.05, 3.63) is 21.3 Å². The number of nitrogens with one attached hydrogen (secondary N) is 1. The molecule has 1 aromatic heterocycles. The Balaban J connectivity index is 2.41. The number of rotatable bonds is 5. The van der Waals surface area contributed by atoms with E-state index >= 15 is 0 Å². The molecular formula is C11H17ClN2OS2. The Morgan fingerprint density at radius 2 is 2.35 bits per heavy atom. The standard InChI is InChI=1S/C11H17ClN2OS2/c1-8(7-15-3)13-11(16)14(2)6-9-4-5-10(12)17-9/h4-5,8H,6-7H2,1-3H3,(H,13,16). The van der Waals surface area contributed by atoms with E-state index in [9.17, 15) is 0 Å². The molecule has 0 amide bonds. The SMILES string of the molecule is COCC(C)NC(=S)N(C)Cc1ccc(Cl)s1. The molecule has 1 rings (SSSR count). The van der Waals surface area contributed by atoms with Crippen molar-refractivity contribution in [2.24, 2.45) is 0 Å². The van der Waals surface area contributed by atoms with Crippen molar-refractivity contribution in [1.82, 2.24) is 10.2 Å². The maximum absolute atomic E-state index is 5.88. The molecule has 0 saturated heterocycles. The Morgan fingerprint density at radius 3 is 2.88 bits per heavy atom. The van der Waals surface area contributed by atoms with Gasteiger partial charge in [-0.1, -0.05) is 11.6 Å². The van der Waals surface area contributed by atoms with Crippen LogP contribution in [0.25, 0.3) is 0 Å². The highest BCUT2D eigenvalue weighted by atomic mass is 35.5. The Kier molecular flexibility index (Phi) is 6.19. The molecule has 3 nitrogen and oxygen atoms in total. The highest BCUT2D eigenvalue weighted by molar-refractivity contribution is 7.80. The number of methoxy groups -OCH3 is 1. The molecule has 1 heterocycles. The minimum Gasteiger partial charge on any atom is -0.383 e. The van der Waals surface area contributed by atoms with Crippen molar-refractivity contribution in [3.8, 4) is 0 Å². The normalized spacial score (nSPS) is 12.2. The molecule has 6 heteroatoms. The Labute approximate surface area is 117 Å². The maximum atomic E-state index is 5.88. The first-order valence-corrected chi connectivity index (χ1v) is 6.88. The number of thiophene rings is 1. The molecule has 0 aromatic carbocycles. The summed E-state index contributed by atoms with van der Waals surface area (Å²) in [5.41, 5.74) is 0. The predicted molar refractivity (Wildman–Crippen MR) is 77.9 cm³/mol. The quantitative estimate of drug-likeness (QED) is 0.844. The molecule has 0 aliphatic heterocycles. The first kappa shape index (κ1) is 14.7. The lowest BCUT2D eigenvalue weighted by Gasteiger charge is -2.23. The van der Waals surface area contributed by atoms with Gasteiger partial charge in [-0.25, -0.2) is 0 Å². The number of halogens is 1. The minimum absolute atomic E-state index is 0.210. The van der Waals surface area contributed by atoms with Crippen LogP contribution < -0.4 is 5.32 Å². The van der Waals surface area contributed by atoms with Gasteiger partial charge in [-0.2, -0.15) is 0 Å². The van der Waals surface area contributed by atoms with Crippen LogP contribution in [0.15, 0.2) is 12.1 Å². The Hall–Kier alpha value is -0.360. The van der Waals surface area contributed by atoms with E-state index in [0.717, 1.165) is 16.0 Å². The van der Waals surface area contributed by atoms with Gasteiger partial charge in [0, 0.05) is 25.1 Å². The van der Waals surface area contributed by atoms with E-state index in [2.05, 4.69) is 5.32 Å². The third kappa shape index (κ3) is 5.21. The largest absolute Gasteiger partial charge is 0.383 e. The molecule has 0 saturated carbocycles. The van der Waals surface area contributed by atoms with Crippen LogP contribution in [0, 0.1) is 0 Å². The summed E-state index contributed by atoms with van der Waals surface area (Å²) < 4.78 is 5.86. The molecule has 1 atom stereocenters. The van der Waals surface area contributed by atoms with Crippen molar-refractivity contribution in [1.29, 1.82) is 0 Å². The highest BCUT2D eigenvalue weighted by Crippen LogP contribution is 2.22. The lowest BCUT2D eigenvalue weighted by molar-refractivity contribution is 0.178. The highest BCUT2D eigenvalue weighted by Gasteiger charge is 2.09. The summed E-state index contributed by atoms with van der Waals surface area (Å²) in [5.74, 6) is 0. The monoisotopic (exact) mass is 292 g/mol. The van der Waals surface area contributed by atoms with Gasteiger partial charge < -0.3 is 15.0 Å². The summed E-state index contributed by atoms with van der Waals surface area (Å²) in [6.45, 7) is 3.44. The number of ether oxygens (including phenoxy) is 1. The van der Waals surface area contributed by atoms with Crippen LogP contribution in [-0.2, 0) is 11.3 Å². The van der Waals surface area contributed by atoms with Crippen molar-refractivity contribution in [2.45, 2.75) is 19.5 Å². The summed E-state index contributed by atoms with van der Waals surface area (Å²) in [6, 6.07) is 4.13. The molecule has 1 aromatic rings. The lowest BCUT2D eigenvalue weighted by Crippen LogP contribution is -2.42. The summed E-state index contributed by atoms with van der Waals surface area (Å²) in [7, 11) is 3.64. The maximum Gasteiger partial charge on any atom is 0.169 e.